The number of phenolic OH excluding ortho intramolecular Hbond substituents is 1. The molecule has 1 aromatic rings. The van der Waals surface area contributed by atoms with Crippen molar-refractivity contribution in [3.05, 3.63) is 58.7 Å². The number of hydrogen-bond acceptors (Lipinski definition) is 1. The van der Waals surface area contributed by atoms with Crippen LogP contribution in [0.5, 0.6) is 5.75 Å². The number of phenols is 1. The van der Waals surface area contributed by atoms with Gasteiger partial charge in [-0.05, 0) is 69.1 Å². The van der Waals surface area contributed by atoms with Crippen molar-refractivity contribution in [1.29, 1.82) is 0 Å². The monoisotopic (exact) mass is 352 g/mol. The van der Waals surface area contributed by atoms with Gasteiger partial charge in [0.05, 0.1) is 0 Å². The summed E-state index contributed by atoms with van der Waals surface area (Å²) in [7, 11) is 0. The summed E-state index contributed by atoms with van der Waals surface area (Å²) in [4.78, 5) is 0. The van der Waals surface area contributed by atoms with Crippen LogP contribution in [-0.4, -0.2) is 5.11 Å². The lowest BCUT2D eigenvalue weighted by Gasteiger charge is -2.32. The highest BCUT2D eigenvalue weighted by Gasteiger charge is 2.29. The quantitative estimate of drug-likeness (QED) is 0.378. The van der Waals surface area contributed by atoms with Crippen molar-refractivity contribution in [2.24, 2.45) is 5.92 Å². The van der Waals surface area contributed by atoms with Gasteiger partial charge in [0.2, 0.25) is 0 Å². The van der Waals surface area contributed by atoms with E-state index in [-0.39, 0.29) is 5.92 Å². The molecule has 1 aromatic carbocycles. The molecule has 26 heavy (non-hydrogen) atoms. The number of aromatic hydroxyl groups is 1. The van der Waals surface area contributed by atoms with Crippen LogP contribution in [0, 0.1) is 5.92 Å². The van der Waals surface area contributed by atoms with Gasteiger partial charge in [0, 0.05) is 11.5 Å². The highest BCUT2D eigenvalue weighted by molar-refractivity contribution is 5.58. The Kier molecular flexibility index (Phi) is 7.75. The summed E-state index contributed by atoms with van der Waals surface area (Å²) < 4.78 is 0. The Morgan fingerprint density at radius 3 is 2.69 bits per heavy atom. The summed E-state index contributed by atoms with van der Waals surface area (Å²) in [6, 6.07) is 4.21. The molecule has 1 aliphatic rings. The Balaban J connectivity index is 2.34. The predicted octanol–water partition coefficient (Wildman–Crippen LogP) is 7.56. The zero-order valence-electron chi connectivity index (χ0n) is 17.1. The lowest BCUT2D eigenvalue weighted by Crippen LogP contribution is -2.18. The maximum atomic E-state index is 10.9. The second kappa shape index (κ2) is 9.80. The average Bonchev–Trinajstić information content (AvgIpc) is 2.60. The van der Waals surface area contributed by atoms with Crippen LogP contribution in [0.15, 0.2) is 42.0 Å². The Labute approximate surface area is 160 Å². The van der Waals surface area contributed by atoms with Crippen LogP contribution < -0.4 is 0 Å². The van der Waals surface area contributed by atoms with Gasteiger partial charge in [-0.15, -0.1) is 0 Å². The van der Waals surface area contributed by atoms with Gasteiger partial charge in [0.1, 0.15) is 5.75 Å². The molecule has 0 bridgehead atoms. The topological polar surface area (TPSA) is 20.2 Å². The van der Waals surface area contributed by atoms with Crippen LogP contribution in [0.3, 0.4) is 0 Å². The van der Waals surface area contributed by atoms with Crippen LogP contribution in [0.2, 0.25) is 0 Å². The molecule has 0 radical (unpaired) electrons. The fraction of sp³-hybridized carbons (Fsp3) is 0.520. The molecule has 0 spiro atoms. The predicted molar refractivity (Wildman–Crippen MR) is 115 cm³/mol. The molecule has 1 heteroatoms. The van der Waals surface area contributed by atoms with Crippen LogP contribution in [0.25, 0.3) is 6.08 Å². The fourth-order valence-corrected chi connectivity index (χ4v) is 4.13. The number of allylic oxidation sites excluding steroid dienone is 4. The molecule has 1 nitrogen and oxygen atoms in total. The van der Waals surface area contributed by atoms with Crippen molar-refractivity contribution < 1.29 is 5.11 Å². The van der Waals surface area contributed by atoms with Crippen molar-refractivity contribution >= 4 is 6.08 Å². The van der Waals surface area contributed by atoms with Crippen molar-refractivity contribution in [3.8, 4) is 5.75 Å². The van der Waals surface area contributed by atoms with Gasteiger partial charge in [-0.3, -0.25) is 0 Å². The van der Waals surface area contributed by atoms with Crippen LogP contribution in [-0.2, 0) is 6.42 Å². The van der Waals surface area contributed by atoms with E-state index in [0.717, 1.165) is 36.8 Å². The summed E-state index contributed by atoms with van der Waals surface area (Å²) >= 11 is 0. The Hall–Kier alpha value is -1.76. The summed E-state index contributed by atoms with van der Waals surface area (Å²) in [6.45, 7) is 13.0. The number of benzene rings is 1. The minimum absolute atomic E-state index is 0.249. The number of rotatable bonds is 8. The van der Waals surface area contributed by atoms with E-state index in [1.807, 2.05) is 6.07 Å². The first kappa shape index (κ1) is 20.6. The molecular formula is C25H36O. The van der Waals surface area contributed by atoms with Gasteiger partial charge < -0.3 is 5.11 Å². The molecule has 2 rings (SSSR count). The van der Waals surface area contributed by atoms with Crippen molar-refractivity contribution in [1.82, 2.24) is 0 Å². The normalized spacial score (nSPS) is 20.4. The first-order valence-electron chi connectivity index (χ1n) is 10.3. The van der Waals surface area contributed by atoms with E-state index < -0.39 is 0 Å². The Morgan fingerprint density at radius 1 is 1.27 bits per heavy atom. The molecule has 0 amide bonds. The van der Waals surface area contributed by atoms with Crippen LogP contribution in [0.4, 0.5) is 0 Å². The van der Waals surface area contributed by atoms with Gasteiger partial charge in [-0.2, -0.15) is 0 Å². The highest BCUT2D eigenvalue weighted by atomic mass is 16.3. The zero-order valence-corrected chi connectivity index (χ0v) is 17.1. The van der Waals surface area contributed by atoms with Crippen molar-refractivity contribution in [3.63, 3.8) is 0 Å². The third-order valence-corrected chi connectivity index (χ3v) is 5.65. The average molecular weight is 353 g/mol. The van der Waals surface area contributed by atoms with Crippen LogP contribution >= 0.6 is 0 Å². The molecule has 0 saturated carbocycles. The smallest absolute Gasteiger partial charge is 0.120 e. The second-order valence-electron chi connectivity index (χ2n) is 7.89. The highest BCUT2D eigenvalue weighted by Crippen LogP contribution is 2.44. The maximum Gasteiger partial charge on any atom is 0.120 e. The van der Waals surface area contributed by atoms with E-state index in [9.17, 15) is 5.11 Å². The summed E-state index contributed by atoms with van der Waals surface area (Å²) in [6.07, 6.45) is 14.8. The largest absolute Gasteiger partial charge is 0.508 e. The lowest BCUT2D eigenvalue weighted by molar-refractivity contribution is 0.434. The molecule has 0 aliphatic heterocycles. The Morgan fingerprint density at radius 2 is 2.04 bits per heavy atom. The lowest BCUT2D eigenvalue weighted by atomic mass is 9.72. The molecule has 1 aliphatic carbocycles. The minimum atomic E-state index is 0.249. The third kappa shape index (κ3) is 5.13. The number of hydrogen-bond donors (Lipinski definition) is 1. The minimum Gasteiger partial charge on any atom is -0.508 e. The number of aryl methyl sites for hydroxylation is 1. The molecule has 0 unspecified atom stereocenters. The molecular weight excluding hydrogens is 316 g/mol. The molecule has 2 atom stereocenters. The SMILES string of the molecule is C=C(C)[C@@H]1CCC(C)=C[C@H]1c1c(O)cc(/C=C\CCCCC)cc1CC. The third-order valence-electron chi connectivity index (χ3n) is 5.65. The summed E-state index contributed by atoms with van der Waals surface area (Å²) in [5.41, 5.74) is 6.14. The van der Waals surface area contributed by atoms with E-state index >= 15 is 0 Å². The van der Waals surface area contributed by atoms with Gasteiger partial charge in [-0.1, -0.05) is 68.7 Å². The standard InChI is InChI=1S/C25H36O/c1-6-8-9-10-11-12-20-16-21(7-2)25(24(26)17-20)23-15-19(5)13-14-22(23)18(3)4/h11-12,15-17,22-23,26H,3,6-10,13-14H2,1-2,4-5H3/b12-11-/t22-,23+/m0/s1. The zero-order chi connectivity index (χ0) is 19.1. The van der Waals surface area contributed by atoms with E-state index in [0.29, 0.717) is 11.7 Å². The molecule has 0 heterocycles. The maximum absolute atomic E-state index is 10.9. The molecule has 0 saturated heterocycles. The summed E-state index contributed by atoms with van der Waals surface area (Å²) in [5, 5.41) is 10.9. The first-order chi connectivity index (χ1) is 12.5. The van der Waals surface area contributed by atoms with Crippen LogP contribution in [0.1, 0.15) is 88.8 Å². The Bertz CT molecular complexity index is 678. The van der Waals surface area contributed by atoms with Gasteiger partial charge in [-0.25, -0.2) is 0 Å². The second-order valence-corrected chi connectivity index (χ2v) is 7.89. The van der Waals surface area contributed by atoms with E-state index in [1.54, 1.807) is 0 Å². The van der Waals surface area contributed by atoms with E-state index in [4.69, 9.17) is 0 Å². The van der Waals surface area contributed by atoms with E-state index in [2.05, 4.69) is 58.6 Å². The molecule has 1 N–H and O–H groups in total. The van der Waals surface area contributed by atoms with Gasteiger partial charge in [0.25, 0.3) is 0 Å². The first-order valence-corrected chi connectivity index (χ1v) is 10.3. The van der Waals surface area contributed by atoms with Crippen molar-refractivity contribution in [2.45, 2.75) is 78.6 Å². The van der Waals surface area contributed by atoms with E-state index in [1.165, 1.54) is 36.0 Å². The van der Waals surface area contributed by atoms with Gasteiger partial charge in [0.15, 0.2) is 0 Å². The molecule has 0 fully saturated rings. The van der Waals surface area contributed by atoms with Gasteiger partial charge >= 0.3 is 0 Å². The fourth-order valence-electron chi connectivity index (χ4n) is 4.13. The summed E-state index contributed by atoms with van der Waals surface area (Å²) in [5.74, 6) is 1.11. The molecule has 142 valence electrons. The molecule has 0 aromatic heterocycles. The van der Waals surface area contributed by atoms with Crippen molar-refractivity contribution in [2.75, 3.05) is 0 Å². The number of unbranched alkanes of at least 4 members (excludes halogenated alkanes) is 3.